The number of amidine groups is 1. The van der Waals surface area contributed by atoms with Gasteiger partial charge >= 0.3 is 5.97 Å². The summed E-state index contributed by atoms with van der Waals surface area (Å²) < 4.78 is 5.40. The van der Waals surface area contributed by atoms with Gasteiger partial charge in [-0.3, -0.25) is 10.2 Å². The van der Waals surface area contributed by atoms with Crippen LogP contribution in [0.15, 0.2) is 30.3 Å². The smallest absolute Gasteiger partial charge is 0.341 e. The summed E-state index contributed by atoms with van der Waals surface area (Å²) >= 11 is 0. The summed E-state index contributed by atoms with van der Waals surface area (Å²) in [5.74, 6) is -0.0251. The summed E-state index contributed by atoms with van der Waals surface area (Å²) in [5.41, 5.74) is 4.02. The van der Waals surface area contributed by atoms with Crippen LogP contribution in [-0.4, -0.2) is 58.8 Å². The average Bonchev–Trinajstić information content (AvgIpc) is 3.40. The number of halogens is 1. The maximum Gasteiger partial charge on any atom is 0.341 e. The van der Waals surface area contributed by atoms with E-state index in [1.54, 1.807) is 17.0 Å². The van der Waals surface area contributed by atoms with Crippen LogP contribution in [0.25, 0.3) is 0 Å². The third-order valence-electron chi connectivity index (χ3n) is 6.28. The lowest BCUT2D eigenvalue weighted by molar-refractivity contribution is -0.139. The van der Waals surface area contributed by atoms with Gasteiger partial charge in [-0.15, -0.1) is 17.0 Å². The number of aromatic nitrogens is 1. The van der Waals surface area contributed by atoms with Gasteiger partial charge in [-0.2, -0.15) is 0 Å². The maximum absolute atomic E-state index is 13.2. The summed E-state index contributed by atoms with van der Waals surface area (Å²) in [4.78, 5) is 32.7. The van der Waals surface area contributed by atoms with Crippen LogP contribution >= 0.6 is 17.0 Å². The second-order valence-electron chi connectivity index (χ2n) is 8.74. The lowest BCUT2D eigenvalue weighted by Gasteiger charge is -2.21. The molecule has 0 bridgehead atoms. The van der Waals surface area contributed by atoms with Crippen molar-refractivity contribution in [3.8, 4) is 5.75 Å². The highest BCUT2D eigenvalue weighted by Crippen LogP contribution is 2.39. The molecule has 0 atom stereocenters. The van der Waals surface area contributed by atoms with Gasteiger partial charge < -0.3 is 19.6 Å². The molecular weight excluding hydrogens is 488 g/mol. The van der Waals surface area contributed by atoms with E-state index in [0.717, 1.165) is 55.7 Å². The number of carboxylic acids is 1. The van der Waals surface area contributed by atoms with Gasteiger partial charge in [0, 0.05) is 54.1 Å². The number of ether oxygens (including phenoxy) is 1. The highest BCUT2D eigenvalue weighted by molar-refractivity contribution is 8.93. The SMILES string of the molecule is Br.N=C1c2nc(C3CC3)ccc2CN1CC(=O)c1cc(OCC(=O)O)cc(N2CCCC2)c1. The van der Waals surface area contributed by atoms with Crippen LogP contribution in [0.3, 0.4) is 0 Å². The van der Waals surface area contributed by atoms with Crippen molar-refractivity contribution in [1.29, 1.82) is 5.41 Å². The molecule has 9 heteroatoms. The van der Waals surface area contributed by atoms with Gasteiger partial charge in [-0.1, -0.05) is 6.07 Å². The van der Waals surface area contributed by atoms with E-state index in [1.165, 1.54) is 0 Å². The van der Waals surface area contributed by atoms with Gasteiger partial charge in [0.1, 0.15) is 17.3 Å². The zero-order valence-corrected chi connectivity index (χ0v) is 20.0. The number of rotatable bonds is 8. The quantitative estimate of drug-likeness (QED) is 0.518. The third kappa shape index (κ3) is 5.03. The highest BCUT2D eigenvalue weighted by atomic mass is 79.9. The van der Waals surface area contributed by atoms with E-state index in [0.29, 0.717) is 29.5 Å². The molecule has 1 aromatic heterocycles. The van der Waals surface area contributed by atoms with E-state index in [1.807, 2.05) is 18.2 Å². The van der Waals surface area contributed by atoms with Gasteiger partial charge in [0.05, 0.1) is 6.54 Å². The van der Waals surface area contributed by atoms with Gasteiger partial charge in [0.2, 0.25) is 0 Å². The Balaban J connectivity index is 0.00000259. The van der Waals surface area contributed by atoms with E-state index in [4.69, 9.17) is 15.3 Å². The number of aliphatic carboxylic acids is 1. The minimum absolute atomic E-state index is 0. The highest BCUT2D eigenvalue weighted by Gasteiger charge is 2.31. The van der Waals surface area contributed by atoms with Crippen molar-refractivity contribution in [2.24, 2.45) is 0 Å². The van der Waals surface area contributed by atoms with Crippen LogP contribution in [0.1, 0.15) is 58.9 Å². The summed E-state index contributed by atoms with van der Waals surface area (Å²) in [6.07, 6.45) is 4.48. The minimum Gasteiger partial charge on any atom is -0.482 e. The second-order valence-corrected chi connectivity index (χ2v) is 8.74. The van der Waals surface area contributed by atoms with Crippen molar-refractivity contribution >= 4 is 40.3 Å². The number of hydrogen-bond donors (Lipinski definition) is 2. The van der Waals surface area contributed by atoms with Gasteiger partial charge in [-0.25, -0.2) is 9.78 Å². The van der Waals surface area contributed by atoms with Gasteiger partial charge in [-0.05, 0) is 43.9 Å². The Kier molecular flexibility index (Phi) is 6.69. The Morgan fingerprint density at radius 2 is 1.91 bits per heavy atom. The molecule has 8 nitrogen and oxygen atoms in total. The third-order valence-corrected chi connectivity index (χ3v) is 6.28. The number of carboxylic acid groups (broad SMARTS) is 1. The molecule has 0 spiro atoms. The fraction of sp³-hybridized carbons (Fsp3) is 0.417. The van der Waals surface area contributed by atoms with E-state index in [9.17, 15) is 9.59 Å². The number of anilines is 1. The predicted octanol–water partition coefficient (Wildman–Crippen LogP) is 3.62. The Morgan fingerprint density at radius 3 is 2.61 bits per heavy atom. The Morgan fingerprint density at radius 1 is 1.15 bits per heavy atom. The number of pyridine rings is 1. The summed E-state index contributed by atoms with van der Waals surface area (Å²) in [6, 6.07) is 9.31. The van der Waals surface area contributed by atoms with E-state index >= 15 is 0 Å². The first-order valence-corrected chi connectivity index (χ1v) is 11.1. The fourth-order valence-electron chi connectivity index (χ4n) is 4.41. The molecule has 5 rings (SSSR count). The largest absolute Gasteiger partial charge is 0.482 e. The number of carbonyl (C=O) groups excluding carboxylic acids is 1. The summed E-state index contributed by atoms with van der Waals surface area (Å²) in [5, 5.41) is 17.5. The molecule has 174 valence electrons. The number of carbonyl (C=O) groups is 2. The first-order chi connectivity index (χ1) is 15.5. The van der Waals surface area contributed by atoms with Crippen molar-refractivity contribution in [1.82, 2.24) is 9.88 Å². The first kappa shape index (κ1) is 23.2. The zero-order chi connectivity index (χ0) is 22.2. The number of ketones is 1. The molecule has 0 unspecified atom stereocenters. The molecule has 0 amide bonds. The Hall–Kier alpha value is -2.94. The molecular formula is C24H27BrN4O4. The van der Waals surface area contributed by atoms with E-state index < -0.39 is 12.6 Å². The lowest BCUT2D eigenvalue weighted by atomic mass is 10.1. The van der Waals surface area contributed by atoms with Crippen molar-refractivity contribution in [2.75, 3.05) is 31.1 Å². The molecule has 1 saturated carbocycles. The lowest BCUT2D eigenvalue weighted by Crippen LogP contribution is -2.30. The van der Waals surface area contributed by atoms with Crippen molar-refractivity contribution in [2.45, 2.75) is 38.1 Å². The molecule has 2 fully saturated rings. The zero-order valence-electron chi connectivity index (χ0n) is 18.2. The Labute approximate surface area is 202 Å². The monoisotopic (exact) mass is 514 g/mol. The normalized spacial score (nSPS) is 17.0. The maximum atomic E-state index is 13.2. The number of nitrogens with one attached hydrogen (secondary N) is 1. The van der Waals surface area contributed by atoms with Gasteiger partial charge in [0.25, 0.3) is 0 Å². The van der Waals surface area contributed by atoms with Crippen LogP contribution in [0.5, 0.6) is 5.75 Å². The predicted molar refractivity (Wildman–Crippen MR) is 129 cm³/mol. The van der Waals surface area contributed by atoms with Crippen LogP contribution in [-0.2, 0) is 11.3 Å². The second kappa shape index (κ2) is 9.51. The van der Waals surface area contributed by atoms with Crippen molar-refractivity contribution < 1.29 is 19.4 Å². The number of fused-ring (bicyclic) bond motifs is 1. The molecule has 0 radical (unpaired) electrons. The number of nitrogens with zero attached hydrogens (tertiary/aromatic N) is 3. The van der Waals surface area contributed by atoms with Crippen LogP contribution in [0, 0.1) is 5.41 Å². The molecule has 3 aliphatic rings. The molecule has 2 aromatic rings. The van der Waals surface area contributed by atoms with E-state index in [-0.39, 0.29) is 35.1 Å². The van der Waals surface area contributed by atoms with Crippen LogP contribution in [0.4, 0.5) is 5.69 Å². The topological polar surface area (TPSA) is 107 Å². The summed E-state index contributed by atoms with van der Waals surface area (Å²) in [6.45, 7) is 1.90. The number of Topliss-reactive ketones (excluding diaryl/α,β-unsaturated/α-hetero) is 1. The minimum atomic E-state index is -1.06. The molecule has 3 heterocycles. The van der Waals surface area contributed by atoms with Crippen molar-refractivity contribution in [3.63, 3.8) is 0 Å². The number of hydrogen-bond acceptors (Lipinski definition) is 6. The van der Waals surface area contributed by atoms with Crippen LogP contribution < -0.4 is 9.64 Å². The van der Waals surface area contributed by atoms with Gasteiger partial charge in [0.15, 0.2) is 12.4 Å². The molecule has 1 aromatic carbocycles. The molecule has 33 heavy (non-hydrogen) atoms. The standard InChI is InChI=1S/C24H26N4O4.BrH/c25-24-23-16(5-6-20(26-23)15-3-4-15)12-28(24)13-21(29)17-9-18(27-7-1-2-8-27)11-19(10-17)32-14-22(30)31;/h5-6,9-11,15,25H,1-4,7-8,12-14H2,(H,30,31);1H. The molecule has 1 saturated heterocycles. The molecule has 2 aliphatic heterocycles. The number of benzene rings is 1. The summed E-state index contributed by atoms with van der Waals surface area (Å²) in [7, 11) is 0. The average molecular weight is 515 g/mol. The van der Waals surface area contributed by atoms with E-state index in [2.05, 4.69) is 9.88 Å². The molecule has 2 N–H and O–H groups in total. The molecule has 1 aliphatic carbocycles. The van der Waals surface area contributed by atoms with Crippen molar-refractivity contribution in [3.05, 3.63) is 52.8 Å². The first-order valence-electron chi connectivity index (χ1n) is 11.1. The fourth-order valence-corrected chi connectivity index (χ4v) is 4.41. The Bertz CT molecular complexity index is 1100. The van der Waals surface area contributed by atoms with Crippen LogP contribution in [0.2, 0.25) is 0 Å².